The van der Waals surface area contributed by atoms with Gasteiger partial charge in [-0.1, -0.05) is 0 Å². The third kappa shape index (κ3) is 382. The van der Waals surface area contributed by atoms with Gasteiger partial charge in [-0.2, -0.15) is 7.82 Å². The Balaban J connectivity index is -0.0000000133. The zero-order valence-electron chi connectivity index (χ0n) is 4.16. The van der Waals surface area contributed by atoms with Gasteiger partial charge in [0.2, 0.25) is 0 Å². The maximum absolute atomic E-state index is 8.55. The van der Waals surface area contributed by atoms with Crippen LogP contribution in [0.4, 0.5) is 0 Å². The maximum atomic E-state index is 8.55. The van der Waals surface area contributed by atoms with Crippen LogP contribution in [0, 0.1) is 0 Å². The van der Waals surface area contributed by atoms with E-state index in [0.29, 0.717) is 0 Å². The van der Waals surface area contributed by atoms with E-state index in [1.807, 2.05) is 0 Å². The normalized spacial score (nSPS) is 6.56. The molecule has 0 atom stereocenters. The van der Waals surface area contributed by atoms with Gasteiger partial charge in [-0.15, -0.1) is 0 Å². The molecule has 6 N–H and O–H groups in total. The van der Waals surface area contributed by atoms with Crippen LogP contribution in [-0.4, -0.2) is 16.4 Å². The fraction of sp³-hybridized carbons (Fsp3) is 0. The third-order valence-electron chi connectivity index (χ3n) is 0. The molecular weight excluding hydrogens is 232 g/mol. The zero-order chi connectivity index (χ0) is 4.50. The molecule has 0 aliphatic heterocycles. The van der Waals surface area contributed by atoms with Gasteiger partial charge in [0.15, 0.2) is 0 Å². The van der Waals surface area contributed by atoms with Crippen molar-refractivity contribution < 1.29 is 68.4 Å². The standard InChI is InChI=1S/H3O4P.3H2O.Y/c1-5(2,3)4;;;;/h(H3,1,2,3,4);3*1H2;/q;;;;+3/p-3. The van der Waals surface area contributed by atoms with Crippen molar-refractivity contribution in [3.05, 3.63) is 0 Å². The van der Waals surface area contributed by atoms with Crippen molar-refractivity contribution in [2.75, 3.05) is 0 Å². The Morgan fingerprint density at radius 3 is 0.889 bits per heavy atom. The summed E-state index contributed by atoms with van der Waals surface area (Å²) in [5, 5.41) is 0. The Morgan fingerprint density at radius 2 is 0.889 bits per heavy atom. The third-order valence-corrected chi connectivity index (χ3v) is 0. The summed E-state index contributed by atoms with van der Waals surface area (Å²) in [4.78, 5) is 25.6. The van der Waals surface area contributed by atoms with E-state index >= 15 is 0 Å². The molecule has 0 bridgehead atoms. The van der Waals surface area contributed by atoms with E-state index in [1.54, 1.807) is 0 Å². The van der Waals surface area contributed by atoms with Crippen LogP contribution in [0.3, 0.4) is 0 Å². The van der Waals surface area contributed by atoms with Gasteiger partial charge < -0.3 is 35.7 Å². The summed E-state index contributed by atoms with van der Waals surface area (Å²) in [7, 11) is -5.39. The Morgan fingerprint density at radius 1 is 0.889 bits per heavy atom. The summed E-state index contributed by atoms with van der Waals surface area (Å²) in [6.07, 6.45) is 0. The predicted molar refractivity (Wildman–Crippen MR) is 18.4 cm³/mol. The van der Waals surface area contributed by atoms with Crippen LogP contribution in [0.5, 0.6) is 0 Å². The molecule has 0 aromatic rings. The molecule has 0 rings (SSSR count). The van der Waals surface area contributed by atoms with Crippen molar-refractivity contribution in [1.29, 1.82) is 0 Å². The van der Waals surface area contributed by atoms with Crippen molar-refractivity contribution in [2.24, 2.45) is 0 Å². The van der Waals surface area contributed by atoms with Gasteiger partial charge in [0.05, 0.1) is 0 Å². The fourth-order valence-corrected chi connectivity index (χ4v) is 0. The molecule has 0 aliphatic carbocycles. The average molecular weight is 238 g/mol. The summed E-state index contributed by atoms with van der Waals surface area (Å²) < 4.78 is 8.55. The predicted octanol–water partition coefficient (Wildman–Crippen LogP) is -5.30. The van der Waals surface area contributed by atoms with Crippen LogP contribution in [0.15, 0.2) is 0 Å². The molecule has 7 nitrogen and oxygen atoms in total. The Kier molecular flexibility index (Phi) is 42.3. The van der Waals surface area contributed by atoms with E-state index in [-0.39, 0.29) is 49.1 Å². The molecule has 0 heterocycles. The smallest absolute Gasteiger partial charge is 0.822 e. The second kappa shape index (κ2) is 11.8. The molecule has 0 radical (unpaired) electrons. The van der Waals surface area contributed by atoms with Gasteiger partial charge >= 0.3 is 32.7 Å². The minimum Gasteiger partial charge on any atom is -0.822 e. The van der Waals surface area contributed by atoms with Crippen molar-refractivity contribution in [2.45, 2.75) is 0 Å². The minimum absolute atomic E-state index is 0. The molecule has 56 valence electrons. The van der Waals surface area contributed by atoms with E-state index in [4.69, 9.17) is 19.2 Å². The van der Waals surface area contributed by atoms with Gasteiger partial charge in [0.1, 0.15) is 0 Å². The van der Waals surface area contributed by atoms with Crippen molar-refractivity contribution in [1.82, 2.24) is 0 Å². The van der Waals surface area contributed by atoms with E-state index in [0.717, 1.165) is 0 Å². The Bertz CT molecular complexity index is 55.1. The van der Waals surface area contributed by atoms with E-state index in [1.165, 1.54) is 0 Å². The largest absolute Gasteiger partial charge is 3.00 e. The van der Waals surface area contributed by atoms with Gasteiger partial charge in [-0.05, 0) is 0 Å². The minimum atomic E-state index is -5.39. The first-order valence-electron chi connectivity index (χ1n) is 0.730. The first-order chi connectivity index (χ1) is 2.00. The van der Waals surface area contributed by atoms with Crippen LogP contribution in [0.25, 0.3) is 0 Å². The van der Waals surface area contributed by atoms with Gasteiger partial charge in [0, 0.05) is 0 Å². The fourth-order valence-electron chi connectivity index (χ4n) is 0. The number of hydrogen-bond donors (Lipinski definition) is 0. The van der Waals surface area contributed by atoms with Crippen LogP contribution < -0.4 is 14.7 Å². The number of hydrogen-bond acceptors (Lipinski definition) is 4. The van der Waals surface area contributed by atoms with Crippen LogP contribution in [0.1, 0.15) is 0 Å². The molecule has 9 heteroatoms. The van der Waals surface area contributed by atoms with Crippen molar-refractivity contribution in [3.63, 3.8) is 0 Å². The summed E-state index contributed by atoms with van der Waals surface area (Å²) in [6, 6.07) is 0. The van der Waals surface area contributed by atoms with E-state index in [2.05, 4.69) is 0 Å². The maximum Gasteiger partial charge on any atom is 3.00 e. The molecular formula is H6O7PY. The molecule has 0 saturated heterocycles. The molecule has 0 saturated carbocycles. The first-order valence-corrected chi connectivity index (χ1v) is 2.19. The zero-order valence-corrected chi connectivity index (χ0v) is 7.89. The van der Waals surface area contributed by atoms with E-state index < -0.39 is 7.82 Å². The SMILES string of the molecule is O.O.O.O=P([O-])([O-])[O-].[Y+3]. The summed E-state index contributed by atoms with van der Waals surface area (Å²) in [5.41, 5.74) is 0. The molecule has 0 amide bonds. The number of phosphoric acid groups is 1. The molecule has 9 heavy (non-hydrogen) atoms. The molecule has 0 spiro atoms. The summed E-state index contributed by atoms with van der Waals surface area (Å²) in [5.74, 6) is 0. The molecule has 0 aromatic heterocycles. The quantitative estimate of drug-likeness (QED) is 0.382. The topological polar surface area (TPSA) is 181 Å². The van der Waals surface area contributed by atoms with Crippen LogP contribution in [-0.2, 0) is 37.3 Å². The average Bonchev–Trinajstić information content (AvgIpc) is 0.722. The van der Waals surface area contributed by atoms with Crippen LogP contribution >= 0.6 is 7.82 Å². The Hall–Kier alpha value is 1.09. The molecule has 0 unspecified atom stereocenters. The van der Waals surface area contributed by atoms with Crippen LogP contribution in [0.2, 0.25) is 0 Å². The molecule has 0 aromatic carbocycles. The molecule has 0 fully saturated rings. The summed E-state index contributed by atoms with van der Waals surface area (Å²) in [6.45, 7) is 0. The summed E-state index contributed by atoms with van der Waals surface area (Å²) >= 11 is 0. The van der Waals surface area contributed by atoms with Gasteiger partial charge in [-0.25, -0.2) is 0 Å². The second-order valence-electron chi connectivity index (χ2n) is 0.447. The van der Waals surface area contributed by atoms with Gasteiger partial charge in [0.25, 0.3) is 0 Å². The first kappa shape index (κ1) is 32.2. The van der Waals surface area contributed by atoms with Gasteiger partial charge in [-0.3, -0.25) is 0 Å². The number of rotatable bonds is 0. The molecule has 0 aliphatic rings. The van der Waals surface area contributed by atoms with Crippen molar-refractivity contribution >= 4 is 7.82 Å². The monoisotopic (exact) mass is 238 g/mol. The second-order valence-corrected chi connectivity index (χ2v) is 1.34. The van der Waals surface area contributed by atoms with E-state index in [9.17, 15) is 0 Å². The van der Waals surface area contributed by atoms with Crippen molar-refractivity contribution in [3.8, 4) is 0 Å². The Labute approximate surface area is 76.1 Å².